The molecule has 116 valence electrons. The van der Waals surface area contributed by atoms with E-state index < -0.39 is 36.3 Å². The maximum absolute atomic E-state index is 12.6. The van der Waals surface area contributed by atoms with Gasteiger partial charge in [0.15, 0.2) is 5.82 Å². The van der Waals surface area contributed by atoms with Crippen molar-refractivity contribution in [3.63, 3.8) is 0 Å². The van der Waals surface area contributed by atoms with E-state index in [9.17, 15) is 22.8 Å². The average molecular weight is 307 g/mol. The zero-order valence-corrected chi connectivity index (χ0v) is 10.7. The molecule has 3 N–H and O–H groups in total. The van der Waals surface area contributed by atoms with Crippen molar-refractivity contribution in [3.05, 3.63) is 11.6 Å². The third-order valence-electron chi connectivity index (χ3n) is 3.07. The summed E-state index contributed by atoms with van der Waals surface area (Å²) >= 11 is 0. The third kappa shape index (κ3) is 3.12. The molecule has 0 unspecified atom stereocenters. The highest BCUT2D eigenvalue weighted by molar-refractivity contribution is 5.84. The number of carbonyl (C=O) groups is 2. The monoisotopic (exact) mass is 307 g/mol. The zero-order chi connectivity index (χ0) is 15.8. The van der Waals surface area contributed by atoms with Crippen molar-refractivity contribution in [2.45, 2.75) is 31.7 Å². The summed E-state index contributed by atoms with van der Waals surface area (Å²) in [6.07, 6.45) is -5.03. The summed E-state index contributed by atoms with van der Waals surface area (Å²) in [5.74, 6) is -2.96. The van der Waals surface area contributed by atoms with Gasteiger partial charge in [0.1, 0.15) is 6.04 Å². The molecule has 8 nitrogen and oxygen atoms in total. The Hall–Kier alpha value is -2.17. The van der Waals surface area contributed by atoms with Crippen molar-refractivity contribution < 1.29 is 27.9 Å². The number of hydrogen-bond donors (Lipinski definition) is 2. The molecule has 1 aromatic heterocycles. The van der Waals surface area contributed by atoms with Gasteiger partial charge in [-0.05, 0) is 0 Å². The number of alkyl halides is 3. The van der Waals surface area contributed by atoms with E-state index in [2.05, 4.69) is 10.2 Å². The molecule has 1 aliphatic heterocycles. The fraction of sp³-hybridized carbons (Fsp3) is 0.600. The Balaban J connectivity index is 2.09. The minimum Gasteiger partial charge on any atom is -0.480 e. The molecule has 2 rings (SSSR count). The van der Waals surface area contributed by atoms with Gasteiger partial charge in [0, 0.05) is 13.1 Å². The number of nitrogens with two attached hydrogens (primary N) is 1. The standard InChI is InChI=1S/C10H12F3N5O3/c11-10(12,13)9-16-15-6-4-17(1-2-18(6)9)7(19)3-5(14)8(20)21/h5H,1-4,14H2,(H,20,21)/t5-/m0/s1. The van der Waals surface area contributed by atoms with Crippen LogP contribution in [0.15, 0.2) is 0 Å². The first-order valence-corrected chi connectivity index (χ1v) is 5.95. The van der Waals surface area contributed by atoms with E-state index in [1.165, 1.54) is 4.90 Å². The third-order valence-corrected chi connectivity index (χ3v) is 3.07. The van der Waals surface area contributed by atoms with Crippen LogP contribution in [0.4, 0.5) is 13.2 Å². The SMILES string of the molecule is N[C@@H](CC(=O)N1CCn2c(nnc2C(F)(F)F)C1)C(=O)O. The largest absolute Gasteiger partial charge is 0.480 e. The van der Waals surface area contributed by atoms with Crippen molar-refractivity contribution in [1.82, 2.24) is 19.7 Å². The Morgan fingerprint density at radius 3 is 2.57 bits per heavy atom. The molecule has 0 aromatic carbocycles. The number of fused-ring (bicyclic) bond motifs is 1. The van der Waals surface area contributed by atoms with Crippen LogP contribution < -0.4 is 5.73 Å². The molecule has 0 fully saturated rings. The molecule has 1 aromatic rings. The predicted molar refractivity (Wildman–Crippen MR) is 60.7 cm³/mol. The van der Waals surface area contributed by atoms with Crippen LogP contribution >= 0.6 is 0 Å². The van der Waals surface area contributed by atoms with Crippen LogP contribution in [0, 0.1) is 0 Å². The van der Waals surface area contributed by atoms with Gasteiger partial charge < -0.3 is 20.3 Å². The second-order valence-corrected chi connectivity index (χ2v) is 4.55. The first kappa shape index (κ1) is 15.2. The van der Waals surface area contributed by atoms with E-state index in [4.69, 9.17) is 10.8 Å². The summed E-state index contributed by atoms with van der Waals surface area (Å²) in [7, 11) is 0. The number of carboxylic acids is 1. The van der Waals surface area contributed by atoms with Gasteiger partial charge in [0.05, 0.1) is 13.0 Å². The Kier molecular flexibility index (Phi) is 3.85. The Labute approximate surface area is 116 Å². The van der Waals surface area contributed by atoms with Gasteiger partial charge >= 0.3 is 12.1 Å². The molecule has 21 heavy (non-hydrogen) atoms. The first-order chi connectivity index (χ1) is 9.70. The fourth-order valence-corrected chi connectivity index (χ4v) is 1.98. The van der Waals surface area contributed by atoms with Gasteiger partial charge in [-0.3, -0.25) is 9.59 Å². The van der Waals surface area contributed by atoms with E-state index in [1.54, 1.807) is 0 Å². The Morgan fingerprint density at radius 2 is 2.00 bits per heavy atom. The summed E-state index contributed by atoms with van der Waals surface area (Å²) in [6.45, 7) is -0.251. The van der Waals surface area contributed by atoms with Gasteiger partial charge in [-0.25, -0.2) is 0 Å². The van der Waals surface area contributed by atoms with Crippen molar-refractivity contribution in [1.29, 1.82) is 0 Å². The highest BCUT2D eigenvalue weighted by atomic mass is 19.4. The number of halogens is 3. The molecule has 0 saturated carbocycles. The van der Waals surface area contributed by atoms with Crippen LogP contribution in [0.25, 0.3) is 0 Å². The van der Waals surface area contributed by atoms with Gasteiger partial charge in [-0.15, -0.1) is 10.2 Å². The smallest absolute Gasteiger partial charge is 0.451 e. The number of hydrogen-bond acceptors (Lipinski definition) is 5. The van der Waals surface area contributed by atoms with Crippen LogP contribution in [0.2, 0.25) is 0 Å². The quantitative estimate of drug-likeness (QED) is 0.773. The lowest BCUT2D eigenvalue weighted by Crippen LogP contribution is -2.43. The lowest BCUT2D eigenvalue weighted by molar-refractivity contribution is -0.148. The summed E-state index contributed by atoms with van der Waals surface area (Å²) in [5.41, 5.74) is 5.25. The van der Waals surface area contributed by atoms with Crippen molar-refractivity contribution in [3.8, 4) is 0 Å². The second kappa shape index (κ2) is 5.31. The maximum atomic E-state index is 12.6. The molecule has 1 aliphatic rings. The van der Waals surface area contributed by atoms with Crippen LogP contribution in [-0.4, -0.2) is 49.2 Å². The predicted octanol–water partition coefficient (Wildman–Crippen LogP) is -0.559. The van der Waals surface area contributed by atoms with Crippen LogP contribution in [0.5, 0.6) is 0 Å². The summed E-state index contributed by atoms with van der Waals surface area (Å²) < 4.78 is 38.8. The first-order valence-electron chi connectivity index (χ1n) is 5.95. The average Bonchev–Trinajstić information content (AvgIpc) is 2.80. The number of aromatic nitrogens is 3. The highest BCUT2D eigenvalue weighted by Crippen LogP contribution is 2.29. The van der Waals surface area contributed by atoms with Crippen molar-refractivity contribution in [2.24, 2.45) is 5.73 Å². The Morgan fingerprint density at radius 1 is 1.33 bits per heavy atom. The van der Waals surface area contributed by atoms with Gasteiger partial charge in [-0.2, -0.15) is 13.2 Å². The number of carbonyl (C=O) groups excluding carboxylic acids is 1. The van der Waals surface area contributed by atoms with Crippen molar-refractivity contribution in [2.75, 3.05) is 6.54 Å². The molecular weight excluding hydrogens is 295 g/mol. The molecular formula is C10H12F3N5O3. The molecule has 0 bridgehead atoms. The summed E-state index contributed by atoms with van der Waals surface area (Å²) in [5, 5.41) is 15.1. The van der Waals surface area contributed by atoms with Gasteiger partial charge in [0.25, 0.3) is 0 Å². The number of rotatable bonds is 3. The lowest BCUT2D eigenvalue weighted by Gasteiger charge is -2.28. The fourth-order valence-electron chi connectivity index (χ4n) is 1.98. The summed E-state index contributed by atoms with van der Waals surface area (Å²) in [6, 6.07) is -1.34. The second-order valence-electron chi connectivity index (χ2n) is 4.55. The van der Waals surface area contributed by atoms with Crippen LogP contribution in [-0.2, 0) is 28.9 Å². The number of carboxylic acid groups (broad SMARTS) is 1. The van der Waals surface area contributed by atoms with Crippen molar-refractivity contribution >= 4 is 11.9 Å². The molecule has 0 radical (unpaired) electrons. The molecule has 0 saturated heterocycles. The topological polar surface area (TPSA) is 114 Å². The van der Waals surface area contributed by atoms with Gasteiger partial charge in [-0.1, -0.05) is 0 Å². The molecule has 11 heteroatoms. The van der Waals surface area contributed by atoms with Crippen LogP contribution in [0.1, 0.15) is 18.1 Å². The van der Waals surface area contributed by atoms with E-state index in [-0.39, 0.29) is 25.5 Å². The van der Waals surface area contributed by atoms with E-state index in [1.807, 2.05) is 0 Å². The van der Waals surface area contributed by atoms with E-state index in [0.29, 0.717) is 0 Å². The number of aliphatic carboxylic acids is 1. The number of nitrogens with zero attached hydrogens (tertiary/aromatic N) is 4. The lowest BCUT2D eigenvalue weighted by atomic mass is 10.2. The molecule has 0 aliphatic carbocycles. The zero-order valence-electron chi connectivity index (χ0n) is 10.7. The maximum Gasteiger partial charge on any atom is 0.451 e. The summed E-state index contributed by atoms with van der Waals surface area (Å²) in [4.78, 5) is 23.6. The number of amides is 1. The van der Waals surface area contributed by atoms with E-state index in [0.717, 1.165) is 4.57 Å². The van der Waals surface area contributed by atoms with E-state index >= 15 is 0 Å². The van der Waals surface area contributed by atoms with Crippen LogP contribution in [0.3, 0.4) is 0 Å². The highest BCUT2D eigenvalue weighted by Gasteiger charge is 2.40. The minimum absolute atomic E-state index is 0.00539. The molecule has 1 amide bonds. The molecule has 0 spiro atoms. The molecule has 1 atom stereocenters. The minimum atomic E-state index is -4.61. The van der Waals surface area contributed by atoms with Gasteiger partial charge in [0.2, 0.25) is 11.7 Å². The molecule has 2 heterocycles. The normalized spacial score (nSPS) is 16.5. The Bertz CT molecular complexity index is 571.